The van der Waals surface area contributed by atoms with Crippen LogP contribution in [0.1, 0.15) is 32.7 Å². The third-order valence-corrected chi connectivity index (χ3v) is 3.29. The first-order chi connectivity index (χ1) is 10.1. The zero-order valence-electron chi connectivity index (χ0n) is 11.7. The Morgan fingerprint density at radius 2 is 1.62 bits per heavy atom. The fourth-order valence-corrected chi connectivity index (χ4v) is 2.04. The summed E-state index contributed by atoms with van der Waals surface area (Å²) in [5, 5.41) is 9.19. The fourth-order valence-electron chi connectivity index (χ4n) is 2.04. The summed E-state index contributed by atoms with van der Waals surface area (Å²) in [7, 11) is 0. The van der Waals surface area contributed by atoms with Gasteiger partial charge < -0.3 is 0 Å². The van der Waals surface area contributed by atoms with Gasteiger partial charge in [0.25, 0.3) is 0 Å². The van der Waals surface area contributed by atoms with Gasteiger partial charge in [0, 0.05) is 17.5 Å². The molecule has 2 aromatic carbocycles. The number of nitrogens with zero attached hydrogens (tertiary/aromatic N) is 1. The maximum Gasteiger partial charge on any atom is 0.180 e. The summed E-state index contributed by atoms with van der Waals surface area (Å²) in [6.07, 6.45) is -0.0901. The van der Waals surface area contributed by atoms with E-state index < -0.39 is 5.92 Å². The summed E-state index contributed by atoms with van der Waals surface area (Å²) in [5.74, 6) is -1.44. The summed E-state index contributed by atoms with van der Waals surface area (Å²) in [4.78, 5) is 24.4. The molecule has 21 heavy (non-hydrogen) atoms. The molecule has 0 saturated carbocycles. The number of hydrogen-bond acceptors (Lipinski definition) is 3. The lowest BCUT2D eigenvalue weighted by molar-refractivity contribution is 0.0882. The zero-order valence-corrected chi connectivity index (χ0v) is 11.7. The molecular formula is C18H15NO2. The normalized spacial score (nSPS) is 11.4. The Morgan fingerprint density at radius 1 is 1.00 bits per heavy atom. The Labute approximate surface area is 123 Å². The average molecular weight is 277 g/mol. The molecule has 1 atom stereocenters. The van der Waals surface area contributed by atoms with E-state index in [1.807, 2.05) is 31.2 Å². The van der Waals surface area contributed by atoms with Crippen molar-refractivity contribution in [3.63, 3.8) is 0 Å². The van der Waals surface area contributed by atoms with Gasteiger partial charge in [-0.2, -0.15) is 5.26 Å². The second-order valence-electron chi connectivity index (χ2n) is 4.91. The highest BCUT2D eigenvalue weighted by Gasteiger charge is 2.23. The molecule has 0 fully saturated rings. The van der Waals surface area contributed by atoms with Crippen LogP contribution in [0.4, 0.5) is 0 Å². The van der Waals surface area contributed by atoms with Crippen molar-refractivity contribution in [2.75, 3.05) is 0 Å². The second-order valence-corrected chi connectivity index (χ2v) is 4.91. The van der Waals surface area contributed by atoms with E-state index in [1.54, 1.807) is 36.4 Å². The minimum atomic E-state index is -0.944. The topological polar surface area (TPSA) is 57.9 Å². The summed E-state index contributed by atoms with van der Waals surface area (Å²) in [6, 6.07) is 17.7. The second kappa shape index (κ2) is 6.62. The lowest BCUT2D eigenvalue weighted by Crippen LogP contribution is -2.17. The molecule has 0 radical (unpaired) electrons. The van der Waals surface area contributed by atoms with Gasteiger partial charge in [-0.1, -0.05) is 60.2 Å². The lowest BCUT2D eigenvalue weighted by atomic mass is 9.92. The molecular weight excluding hydrogens is 262 g/mol. The smallest absolute Gasteiger partial charge is 0.180 e. The van der Waals surface area contributed by atoms with E-state index >= 15 is 0 Å². The zero-order chi connectivity index (χ0) is 15.2. The number of rotatable bonds is 5. The third kappa shape index (κ3) is 3.64. The molecule has 0 N–H and O–H groups in total. The SMILES string of the molecule is Cc1ccc(C(=O)C(C#N)CC(=O)c2ccccc2)cc1. The summed E-state index contributed by atoms with van der Waals surface area (Å²) >= 11 is 0. The average Bonchev–Trinajstić information content (AvgIpc) is 2.53. The van der Waals surface area contributed by atoms with Gasteiger partial charge in [-0.05, 0) is 6.92 Å². The van der Waals surface area contributed by atoms with Gasteiger partial charge in [-0.3, -0.25) is 9.59 Å². The molecule has 3 nitrogen and oxygen atoms in total. The maximum atomic E-state index is 12.3. The van der Waals surface area contributed by atoms with Crippen LogP contribution in [0.5, 0.6) is 0 Å². The van der Waals surface area contributed by atoms with Crippen molar-refractivity contribution in [3.05, 3.63) is 71.3 Å². The predicted molar refractivity (Wildman–Crippen MR) is 80.0 cm³/mol. The summed E-state index contributed by atoms with van der Waals surface area (Å²) < 4.78 is 0. The molecule has 0 amide bonds. The molecule has 0 heterocycles. The Hall–Kier alpha value is -2.73. The van der Waals surface area contributed by atoms with E-state index in [0.29, 0.717) is 11.1 Å². The van der Waals surface area contributed by atoms with Crippen molar-refractivity contribution in [1.29, 1.82) is 5.26 Å². The Bertz CT molecular complexity index is 681. The van der Waals surface area contributed by atoms with Crippen LogP contribution in [0, 0.1) is 24.2 Å². The Balaban J connectivity index is 2.13. The molecule has 0 spiro atoms. The van der Waals surface area contributed by atoms with Gasteiger partial charge in [0.1, 0.15) is 5.92 Å². The molecule has 0 bridgehead atoms. The van der Waals surface area contributed by atoms with E-state index in [2.05, 4.69) is 0 Å². The van der Waals surface area contributed by atoms with Crippen molar-refractivity contribution in [2.45, 2.75) is 13.3 Å². The molecule has 2 rings (SSSR count). The largest absolute Gasteiger partial charge is 0.294 e. The van der Waals surface area contributed by atoms with Crippen LogP contribution in [0.2, 0.25) is 0 Å². The molecule has 2 aromatic rings. The summed E-state index contributed by atoms with van der Waals surface area (Å²) in [6.45, 7) is 1.93. The highest BCUT2D eigenvalue weighted by molar-refractivity contribution is 6.04. The van der Waals surface area contributed by atoms with Crippen molar-refractivity contribution in [1.82, 2.24) is 0 Å². The van der Waals surface area contributed by atoms with Crippen LogP contribution in [0.15, 0.2) is 54.6 Å². The maximum absolute atomic E-state index is 12.3. The number of hydrogen-bond donors (Lipinski definition) is 0. The van der Waals surface area contributed by atoms with E-state index in [0.717, 1.165) is 5.56 Å². The minimum absolute atomic E-state index is 0.0901. The van der Waals surface area contributed by atoms with Crippen LogP contribution in [0.25, 0.3) is 0 Å². The highest BCUT2D eigenvalue weighted by Crippen LogP contribution is 2.16. The van der Waals surface area contributed by atoms with Crippen molar-refractivity contribution < 1.29 is 9.59 Å². The molecule has 0 aliphatic carbocycles. The van der Waals surface area contributed by atoms with E-state index in [4.69, 9.17) is 0 Å². The van der Waals surface area contributed by atoms with E-state index in [1.165, 1.54) is 0 Å². The molecule has 0 aromatic heterocycles. The van der Waals surface area contributed by atoms with Gasteiger partial charge >= 0.3 is 0 Å². The van der Waals surface area contributed by atoms with Crippen LogP contribution >= 0.6 is 0 Å². The number of nitriles is 1. The molecule has 1 unspecified atom stereocenters. The van der Waals surface area contributed by atoms with E-state index in [9.17, 15) is 14.9 Å². The highest BCUT2D eigenvalue weighted by atomic mass is 16.1. The number of benzene rings is 2. The van der Waals surface area contributed by atoms with Crippen LogP contribution in [0.3, 0.4) is 0 Å². The third-order valence-electron chi connectivity index (χ3n) is 3.29. The standard InChI is InChI=1S/C18H15NO2/c1-13-7-9-15(10-8-13)18(21)16(12-19)11-17(20)14-5-3-2-4-6-14/h2-10,16H,11H2,1H3. The van der Waals surface area contributed by atoms with Crippen LogP contribution in [-0.4, -0.2) is 11.6 Å². The summed E-state index contributed by atoms with van der Waals surface area (Å²) in [5.41, 5.74) is 2.03. The first kappa shape index (κ1) is 14.7. The molecule has 0 aliphatic heterocycles. The quantitative estimate of drug-likeness (QED) is 0.785. The number of ketones is 2. The predicted octanol–water partition coefficient (Wildman–Crippen LogP) is 3.59. The number of carbonyl (C=O) groups excluding carboxylic acids is 2. The molecule has 104 valence electrons. The molecule has 0 saturated heterocycles. The van der Waals surface area contributed by atoms with Crippen molar-refractivity contribution in [3.8, 4) is 6.07 Å². The number of carbonyl (C=O) groups is 2. The first-order valence-corrected chi connectivity index (χ1v) is 6.70. The van der Waals surface area contributed by atoms with E-state index in [-0.39, 0.29) is 18.0 Å². The fraction of sp³-hybridized carbons (Fsp3) is 0.167. The number of Topliss-reactive ketones (excluding diaryl/α,β-unsaturated/α-hetero) is 2. The first-order valence-electron chi connectivity index (χ1n) is 6.70. The molecule has 3 heteroatoms. The van der Waals surface area contributed by atoms with Gasteiger partial charge in [-0.25, -0.2) is 0 Å². The van der Waals surface area contributed by atoms with Gasteiger partial charge in [0.05, 0.1) is 6.07 Å². The van der Waals surface area contributed by atoms with Crippen molar-refractivity contribution >= 4 is 11.6 Å². The van der Waals surface area contributed by atoms with Crippen LogP contribution < -0.4 is 0 Å². The monoisotopic (exact) mass is 277 g/mol. The van der Waals surface area contributed by atoms with Crippen molar-refractivity contribution in [2.24, 2.45) is 5.92 Å². The minimum Gasteiger partial charge on any atom is -0.294 e. The van der Waals surface area contributed by atoms with Gasteiger partial charge in [-0.15, -0.1) is 0 Å². The van der Waals surface area contributed by atoms with Gasteiger partial charge in [0.15, 0.2) is 11.6 Å². The molecule has 0 aliphatic rings. The van der Waals surface area contributed by atoms with Gasteiger partial charge in [0.2, 0.25) is 0 Å². The lowest BCUT2D eigenvalue weighted by Gasteiger charge is -2.08. The Morgan fingerprint density at radius 3 is 2.19 bits per heavy atom. The Kier molecular flexibility index (Phi) is 4.63. The van der Waals surface area contributed by atoms with Crippen LogP contribution in [-0.2, 0) is 0 Å². The number of aryl methyl sites for hydroxylation is 1.